The lowest BCUT2D eigenvalue weighted by Crippen LogP contribution is -2.64. The SMILES string of the molecule is CNCC(=O)N[C@H](C)C1C(=O)N2C(C(=O)O)=CCC12. The minimum Gasteiger partial charge on any atom is -0.477 e. The molecule has 0 radical (unpaired) electrons. The van der Waals surface area contributed by atoms with Gasteiger partial charge in [-0.1, -0.05) is 6.08 Å². The average Bonchev–Trinajstić information content (AvgIpc) is 2.68. The van der Waals surface area contributed by atoms with Crippen LogP contribution in [0.2, 0.25) is 0 Å². The largest absolute Gasteiger partial charge is 0.477 e. The lowest BCUT2D eigenvalue weighted by Gasteiger charge is -2.46. The van der Waals surface area contributed by atoms with Crippen molar-refractivity contribution in [3.8, 4) is 0 Å². The molecule has 19 heavy (non-hydrogen) atoms. The van der Waals surface area contributed by atoms with Crippen molar-refractivity contribution in [1.29, 1.82) is 0 Å². The molecule has 2 amide bonds. The minimum absolute atomic E-state index is 0.0556. The molecule has 2 aliphatic heterocycles. The smallest absolute Gasteiger partial charge is 0.352 e. The first kappa shape index (κ1) is 13.5. The highest BCUT2D eigenvalue weighted by atomic mass is 16.4. The number of likely N-dealkylation sites (N-methyl/N-ethyl adjacent to an activating group) is 1. The third-order valence-corrected chi connectivity index (χ3v) is 3.56. The van der Waals surface area contributed by atoms with Crippen LogP contribution in [0.1, 0.15) is 13.3 Å². The molecule has 2 rings (SSSR count). The van der Waals surface area contributed by atoms with E-state index in [0.29, 0.717) is 6.42 Å². The van der Waals surface area contributed by atoms with E-state index in [0.717, 1.165) is 0 Å². The summed E-state index contributed by atoms with van der Waals surface area (Å²) in [6.07, 6.45) is 2.09. The standard InChI is InChI=1S/C12H17N3O4/c1-6(14-9(16)5-13-2)10-7-3-4-8(12(18)19)15(7)11(10)17/h4,6-7,10,13H,3,5H2,1-2H3,(H,14,16)(H,18,19)/t6-,7?,10?/m1/s1. The Bertz CT molecular complexity index is 460. The third kappa shape index (κ3) is 2.21. The Labute approximate surface area is 110 Å². The Morgan fingerprint density at radius 1 is 1.58 bits per heavy atom. The number of amides is 2. The molecule has 7 heteroatoms. The average molecular weight is 267 g/mol. The lowest BCUT2D eigenvalue weighted by atomic mass is 9.82. The number of carbonyl (C=O) groups excluding carboxylic acids is 2. The van der Waals surface area contributed by atoms with Crippen LogP contribution in [0.25, 0.3) is 0 Å². The van der Waals surface area contributed by atoms with Crippen LogP contribution in [0.15, 0.2) is 11.8 Å². The maximum absolute atomic E-state index is 12.0. The second-order valence-electron chi connectivity index (χ2n) is 4.82. The van der Waals surface area contributed by atoms with Crippen molar-refractivity contribution in [2.75, 3.05) is 13.6 Å². The predicted octanol–water partition coefficient (Wildman–Crippen LogP) is -1.09. The van der Waals surface area contributed by atoms with Crippen LogP contribution >= 0.6 is 0 Å². The molecule has 0 spiro atoms. The van der Waals surface area contributed by atoms with E-state index in [2.05, 4.69) is 10.6 Å². The number of nitrogens with one attached hydrogen (secondary N) is 2. The highest BCUT2D eigenvalue weighted by Crippen LogP contribution is 2.40. The van der Waals surface area contributed by atoms with Gasteiger partial charge in [-0.05, 0) is 20.4 Å². The number of aliphatic carboxylic acids is 1. The monoisotopic (exact) mass is 267 g/mol. The number of carboxylic acid groups (broad SMARTS) is 1. The van der Waals surface area contributed by atoms with Crippen molar-refractivity contribution in [2.45, 2.75) is 25.4 Å². The van der Waals surface area contributed by atoms with Crippen LogP contribution in [-0.2, 0) is 14.4 Å². The number of carboxylic acids is 1. The highest BCUT2D eigenvalue weighted by Gasteiger charge is 2.54. The van der Waals surface area contributed by atoms with Crippen molar-refractivity contribution < 1.29 is 19.5 Å². The molecule has 0 aliphatic carbocycles. The van der Waals surface area contributed by atoms with Gasteiger partial charge in [0.15, 0.2) is 0 Å². The Morgan fingerprint density at radius 2 is 2.26 bits per heavy atom. The molecule has 0 aromatic rings. The molecule has 3 N–H and O–H groups in total. The summed E-state index contributed by atoms with van der Waals surface area (Å²) < 4.78 is 0. The fourth-order valence-electron chi connectivity index (χ4n) is 2.74. The van der Waals surface area contributed by atoms with Gasteiger partial charge < -0.3 is 20.6 Å². The zero-order valence-electron chi connectivity index (χ0n) is 10.8. The minimum atomic E-state index is -1.08. The first-order chi connectivity index (χ1) is 8.97. The summed E-state index contributed by atoms with van der Waals surface area (Å²) in [5.41, 5.74) is 0.0556. The highest BCUT2D eigenvalue weighted by molar-refractivity contribution is 5.99. The zero-order chi connectivity index (χ0) is 14.2. The molecule has 1 fully saturated rings. The molecule has 3 atom stereocenters. The number of fused-ring (bicyclic) bond motifs is 1. The summed E-state index contributed by atoms with van der Waals surface area (Å²) in [7, 11) is 1.67. The van der Waals surface area contributed by atoms with Crippen molar-refractivity contribution in [2.24, 2.45) is 5.92 Å². The second kappa shape index (κ2) is 5.00. The van der Waals surface area contributed by atoms with Gasteiger partial charge in [-0.15, -0.1) is 0 Å². The normalized spacial score (nSPS) is 26.3. The van der Waals surface area contributed by atoms with Gasteiger partial charge in [0.2, 0.25) is 11.8 Å². The van der Waals surface area contributed by atoms with Gasteiger partial charge in [0.1, 0.15) is 5.70 Å². The number of carbonyl (C=O) groups is 3. The number of β-lactam (4-membered cyclic amide) rings is 1. The second-order valence-corrected chi connectivity index (χ2v) is 4.82. The summed E-state index contributed by atoms with van der Waals surface area (Å²) in [5, 5.41) is 14.4. The molecular formula is C12H17N3O4. The Morgan fingerprint density at radius 3 is 2.84 bits per heavy atom. The van der Waals surface area contributed by atoms with Gasteiger partial charge >= 0.3 is 5.97 Å². The summed E-state index contributed by atoms with van der Waals surface area (Å²) in [6, 6.07) is -0.431. The summed E-state index contributed by atoms with van der Waals surface area (Å²) in [6.45, 7) is 1.96. The molecule has 104 valence electrons. The van der Waals surface area contributed by atoms with Crippen molar-refractivity contribution in [3.05, 3.63) is 11.8 Å². The van der Waals surface area contributed by atoms with E-state index < -0.39 is 5.97 Å². The van der Waals surface area contributed by atoms with Crippen LogP contribution in [0.3, 0.4) is 0 Å². The van der Waals surface area contributed by atoms with E-state index in [4.69, 9.17) is 5.11 Å². The molecule has 2 heterocycles. The lowest BCUT2D eigenvalue weighted by molar-refractivity contribution is -0.156. The molecule has 0 bridgehead atoms. The number of hydrogen-bond donors (Lipinski definition) is 3. The molecule has 0 aromatic heterocycles. The van der Waals surface area contributed by atoms with Gasteiger partial charge in [0.25, 0.3) is 0 Å². The van der Waals surface area contributed by atoms with Crippen molar-refractivity contribution in [1.82, 2.24) is 15.5 Å². The summed E-state index contributed by atoms with van der Waals surface area (Å²) in [4.78, 5) is 35.7. The first-order valence-corrected chi connectivity index (χ1v) is 6.18. The van der Waals surface area contributed by atoms with Crippen LogP contribution in [0, 0.1) is 5.92 Å². The fourth-order valence-corrected chi connectivity index (χ4v) is 2.74. The molecule has 7 nitrogen and oxygen atoms in total. The molecule has 1 saturated heterocycles. The van der Waals surface area contributed by atoms with Gasteiger partial charge in [0.05, 0.1) is 18.5 Å². The van der Waals surface area contributed by atoms with Gasteiger partial charge in [0, 0.05) is 6.04 Å². The quantitative estimate of drug-likeness (QED) is 0.550. The maximum Gasteiger partial charge on any atom is 0.352 e. The summed E-state index contributed by atoms with van der Waals surface area (Å²) in [5.74, 6) is -1.82. The van der Waals surface area contributed by atoms with Gasteiger partial charge in [-0.25, -0.2) is 4.79 Å². The van der Waals surface area contributed by atoms with Crippen molar-refractivity contribution in [3.63, 3.8) is 0 Å². The van der Waals surface area contributed by atoms with Gasteiger partial charge in [-0.2, -0.15) is 0 Å². The molecule has 0 aromatic carbocycles. The van der Waals surface area contributed by atoms with E-state index in [1.165, 1.54) is 4.90 Å². The molecule has 2 aliphatic rings. The maximum atomic E-state index is 12.0. The van der Waals surface area contributed by atoms with Crippen LogP contribution in [0.5, 0.6) is 0 Å². The van der Waals surface area contributed by atoms with E-state index in [1.54, 1.807) is 20.0 Å². The van der Waals surface area contributed by atoms with E-state index >= 15 is 0 Å². The molecule has 2 unspecified atom stereocenters. The molecular weight excluding hydrogens is 250 g/mol. The zero-order valence-corrected chi connectivity index (χ0v) is 10.8. The Balaban J connectivity index is 1.97. The van der Waals surface area contributed by atoms with E-state index in [-0.39, 0.29) is 42.1 Å². The number of rotatable bonds is 5. The van der Waals surface area contributed by atoms with Crippen molar-refractivity contribution >= 4 is 17.8 Å². The first-order valence-electron chi connectivity index (χ1n) is 6.18. The van der Waals surface area contributed by atoms with E-state index in [1.807, 2.05) is 0 Å². The fraction of sp³-hybridized carbons (Fsp3) is 0.583. The topological polar surface area (TPSA) is 98.7 Å². The number of nitrogens with zero attached hydrogens (tertiary/aromatic N) is 1. The predicted molar refractivity (Wildman–Crippen MR) is 66.0 cm³/mol. The van der Waals surface area contributed by atoms with Gasteiger partial charge in [-0.3, -0.25) is 9.59 Å². The summed E-state index contributed by atoms with van der Waals surface area (Å²) >= 11 is 0. The number of hydrogen-bond acceptors (Lipinski definition) is 4. The van der Waals surface area contributed by atoms with E-state index in [9.17, 15) is 14.4 Å². The van der Waals surface area contributed by atoms with Crippen LogP contribution in [0.4, 0.5) is 0 Å². The van der Waals surface area contributed by atoms with Crippen LogP contribution in [-0.4, -0.2) is 53.5 Å². The molecule has 0 saturated carbocycles. The van der Waals surface area contributed by atoms with Crippen LogP contribution < -0.4 is 10.6 Å². The third-order valence-electron chi connectivity index (χ3n) is 3.56. The Kier molecular flexibility index (Phi) is 3.57. The Hall–Kier alpha value is -1.89.